The zero-order valence-electron chi connectivity index (χ0n) is 66.4. The maximum atomic E-state index is 14.2. The van der Waals surface area contributed by atoms with E-state index in [0.29, 0.717) is 35.5 Å². The van der Waals surface area contributed by atoms with Crippen LogP contribution in [0.5, 0.6) is 17.2 Å². The number of rotatable bonds is 46. The van der Waals surface area contributed by atoms with Gasteiger partial charge in [0.15, 0.2) is 5.11 Å². The molecule has 11 amide bonds. The van der Waals surface area contributed by atoms with Gasteiger partial charge in [0, 0.05) is 112 Å². The van der Waals surface area contributed by atoms with Gasteiger partial charge in [-0.3, -0.25) is 52.7 Å². The number of phenolic OH excluding ortho intramolecular Hbond substituents is 1. The van der Waals surface area contributed by atoms with E-state index >= 15 is 0 Å². The van der Waals surface area contributed by atoms with Gasteiger partial charge in [-0.05, 0) is 144 Å². The molecule has 34 heteroatoms. The molecule has 0 spiro atoms. The van der Waals surface area contributed by atoms with E-state index in [1.54, 1.807) is 82.3 Å². The topological polar surface area (TPSA) is 495 Å². The van der Waals surface area contributed by atoms with Gasteiger partial charge in [0.2, 0.25) is 65.0 Å². The van der Waals surface area contributed by atoms with Crippen molar-refractivity contribution < 1.29 is 82.4 Å². The minimum absolute atomic E-state index is 0.00745. The van der Waals surface area contributed by atoms with Crippen molar-refractivity contribution in [3.63, 3.8) is 0 Å². The fraction of sp³-hybridized carbons (Fsp3) is 0.457. The molecule has 19 N–H and O–H groups in total. The number of carboxylic acid groups (broad SMARTS) is 2. The Hall–Kier alpha value is -11.9. The number of nitrogens with two attached hydrogens (primary N) is 2. The summed E-state index contributed by atoms with van der Waals surface area (Å²) in [4.78, 5) is 175. The number of nitrogens with zero attached hydrogens (tertiary/aromatic N) is 2. The summed E-state index contributed by atoms with van der Waals surface area (Å²) in [7, 11) is 0. The largest absolute Gasteiger partial charge is 0.508 e. The van der Waals surface area contributed by atoms with E-state index < -0.39 is 151 Å². The van der Waals surface area contributed by atoms with E-state index in [9.17, 15) is 77.6 Å². The molecule has 115 heavy (non-hydrogen) atoms. The number of nitrogens with one attached hydrogen (secondary N) is 12. The maximum absolute atomic E-state index is 14.2. The highest BCUT2D eigenvalue weighted by Crippen LogP contribution is 2.50. The molecule has 0 unspecified atom stereocenters. The summed E-state index contributed by atoms with van der Waals surface area (Å²) in [6, 6.07) is 23.0. The second-order valence-electron chi connectivity index (χ2n) is 28.4. The van der Waals surface area contributed by atoms with E-state index in [1.165, 1.54) is 19.1 Å². The van der Waals surface area contributed by atoms with Gasteiger partial charge in [0.1, 0.15) is 53.5 Å². The van der Waals surface area contributed by atoms with E-state index in [0.717, 1.165) is 54.2 Å². The number of ether oxygens (including phenoxy) is 1. The fourth-order valence-electron chi connectivity index (χ4n) is 12.7. The highest BCUT2D eigenvalue weighted by atomic mass is 32.1. The number of hydrogen-bond donors (Lipinski definition) is 17. The number of carboxylic acids is 2. The Morgan fingerprint density at radius 2 is 1.03 bits per heavy atom. The molecule has 0 saturated heterocycles. The van der Waals surface area contributed by atoms with Crippen molar-refractivity contribution in [2.75, 3.05) is 74.0 Å². The molecule has 0 bridgehead atoms. The molecule has 622 valence electrons. The molecule has 5 aromatic carbocycles. The molecule has 1 heterocycles. The number of carbonyl (C=O) groups excluding carboxylic acids is 11. The smallest absolute Gasteiger partial charge is 0.337 e. The lowest BCUT2D eigenvalue weighted by atomic mass is 9.81. The molecule has 0 aliphatic carbocycles. The van der Waals surface area contributed by atoms with Crippen molar-refractivity contribution in [1.82, 2.24) is 58.5 Å². The third kappa shape index (κ3) is 28.9. The normalized spacial score (nSPS) is 13.3. The number of benzene rings is 5. The fourth-order valence-corrected chi connectivity index (χ4v) is 12.9. The van der Waals surface area contributed by atoms with Crippen LogP contribution in [0, 0.1) is 11.8 Å². The third-order valence-corrected chi connectivity index (χ3v) is 19.5. The molecule has 1 aliphatic heterocycles. The van der Waals surface area contributed by atoms with E-state index in [1.807, 2.05) is 30.3 Å². The number of anilines is 3. The van der Waals surface area contributed by atoms with Crippen LogP contribution >= 0.6 is 12.2 Å². The number of hydrogen-bond acceptors (Lipinski definition) is 19. The maximum Gasteiger partial charge on any atom is 0.337 e. The van der Waals surface area contributed by atoms with Gasteiger partial charge in [0.25, 0.3) is 0 Å². The van der Waals surface area contributed by atoms with Crippen LogP contribution in [0.4, 0.5) is 17.1 Å². The number of phenols is 1. The van der Waals surface area contributed by atoms with Crippen LogP contribution in [0.15, 0.2) is 109 Å². The minimum Gasteiger partial charge on any atom is -0.508 e. The average Bonchev–Trinajstić information content (AvgIpc) is 0.747. The van der Waals surface area contributed by atoms with E-state index in [-0.39, 0.29) is 86.2 Å². The van der Waals surface area contributed by atoms with Crippen molar-refractivity contribution >= 4 is 111 Å². The average molecular weight is 1610 g/mol. The predicted octanol–water partition coefficient (Wildman–Crippen LogP) is 3.17. The Bertz CT molecular complexity index is 4180. The number of amides is 11. The Kier molecular flexibility index (Phi) is 36.5. The summed E-state index contributed by atoms with van der Waals surface area (Å²) < 4.78 is 6.63. The standard InChI is InChI=1S/C81H110N16O17S/c1-10-96(11-2)52-25-29-55-63(42-52)114-64-43-53(97(12-3)13-4)26-30-56(64)70(55)51-24-31-59(57(41-51)79(110)111)93-81(115)86-36-18-17-21-61(80(112)113)90-67(101)35-38-85-68(102)44-87-66(100)34-37-84-69(103)45-88-77(108)71(46(5)6)95-78(109)72(47(7)8)94-75(106)60(32-33-65(83)99)91-76(107)62(40-49-19-15-14-16-20-49)92-73(104)48(9)89-74(105)58(82)39-50-22-27-54(98)28-23-50/h14-16,19-20,22-31,41-43,46-48,58,60-62,70-72,98H,10-13,17-18,21,32-40,44-45,82H2,1-9H3,(H2,83,99)(H,84,103)(H,85,102)(H,87,100)(H,88,108)(H,89,105)(H,90,101)(H,91,107)(H,92,104)(H,94,106)(H,95,109)(H,110,111)(H,112,113)(H2,86,93,115)/t48-,58+,60+,61+,62+,71+,72+/m1/s1. The van der Waals surface area contributed by atoms with E-state index in [4.69, 9.17) is 28.4 Å². The van der Waals surface area contributed by atoms with Crippen LogP contribution in [0.2, 0.25) is 0 Å². The molecule has 1 aliphatic rings. The highest BCUT2D eigenvalue weighted by Gasteiger charge is 2.36. The zero-order chi connectivity index (χ0) is 84.6. The quantitative estimate of drug-likeness (QED) is 0.0193. The van der Waals surface area contributed by atoms with Crippen LogP contribution in [-0.2, 0) is 70.4 Å². The minimum atomic E-state index is -1.50. The van der Waals surface area contributed by atoms with Crippen molar-refractivity contribution in [2.24, 2.45) is 23.3 Å². The monoisotopic (exact) mass is 1610 g/mol. The summed E-state index contributed by atoms with van der Waals surface area (Å²) in [5.41, 5.74) is 17.6. The van der Waals surface area contributed by atoms with Gasteiger partial charge in [-0.25, -0.2) is 9.59 Å². The van der Waals surface area contributed by atoms with Gasteiger partial charge in [-0.1, -0.05) is 88.4 Å². The van der Waals surface area contributed by atoms with Crippen molar-refractivity contribution in [3.05, 3.63) is 143 Å². The Morgan fingerprint density at radius 3 is 1.59 bits per heavy atom. The first-order chi connectivity index (χ1) is 54.7. The molecule has 7 atom stereocenters. The summed E-state index contributed by atoms with van der Waals surface area (Å²) in [5, 5.41) is 61.4. The lowest BCUT2D eigenvalue weighted by Gasteiger charge is -2.32. The number of aromatic hydroxyl groups is 1. The Labute approximate surface area is 674 Å². The molecule has 0 aromatic heterocycles. The predicted molar refractivity (Wildman–Crippen MR) is 437 cm³/mol. The molecule has 0 fully saturated rings. The number of thiocarbonyl (C=S) groups is 1. The number of aromatic carboxylic acids is 1. The molecular formula is C81H110N16O17S. The number of aliphatic carboxylic acids is 1. The summed E-state index contributed by atoms with van der Waals surface area (Å²) in [5.74, 6) is -11.0. The molecule has 6 rings (SSSR count). The second kappa shape index (κ2) is 45.7. The number of primary amides is 1. The summed E-state index contributed by atoms with van der Waals surface area (Å²) >= 11 is 5.56. The van der Waals surface area contributed by atoms with Gasteiger partial charge in [0.05, 0.1) is 30.4 Å². The van der Waals surface area contributed by atoms with Gasteiger partial charge in [-0.2, -0.15) is 0 Å². The van der Waals surface area contributed by atoms with Crippen LogP contribution in [0.25, 0.3) is 0 Å². The number of unbranched alkanes of at least 4 members (excludes halogenated alkanes) is 1. The Morgan fingerprint density at radius 1 is 0.496 bits per heavy atom. The van der Waals surface area contributed by atoms with Gasteiger partial charge in [-0.15, -0.1) is 0 Å². The van der Waals surface area contributed by atoms with Crippen molar-refractivity contribution in [2.45, 2.75) is 168 Å². The van der Waals surface area contributed by atoms with Crippen molar-refractivity contribution in [3.8, 4) is 17.2 Å². The van der Waals surface area contributed by atoms with Gasteiger partial charge < -0.3 is 105 Å². The molecule has 33 nitrogen and oxygen atoms in total. The molecule has 0 saturated carbocycles. The van der Waals surface area contributed by atoms with Crippen LogP contribution in [0.1, 0.15) is 151 Å². The highest BCUT2D eigenvalue weighted by molar-refractivity contribution is 7.80. The number of carbonyl (C=O) groups is 13. The van der Waals surface area contributed by atoms with Gasteiger partial charge >= 0.3 is 11.9 Å². The molecule has 0 radical (unpaired) electrons. The summed E-state index contributed by atoms with van der Waals surface area (Å²) in [6.45, 7) is 18.2. The molecule has 5 aromatic rings. The first kappa shape index (κ1) is 91.9. The first-order valence-electron chi connectivity index (χ1n) is 38.6. The number of fused-ring (bicyclic) bond motifs is 2. The SMILES string of the molecule is CCN(CC)c1ccc2c(c1)Oc1cc(N(CC)CC)ccc1C2c1ccc(NC(=S)NCCCC[C@H](NC(=O)CCNC(=O)CNC(=O)CCNC(=O)CNC(=O)[C@@H](NC(=O)[C@@H](NC(=O)[C@H](CCC(N)=O)NC(=O)[C@H](Cc2ccccc2)NC(=O)[C@@H](C)NC(=O)[C@@H](N)Cc2ccc(O)cc2)C(C)C)C(C)C)C(=O)O)c(C(=O)O)c1. The lowest BCUT2D eigenvalue weighted by Crippen LogP contribution is -2.61. The first-order valence-corrected chi connectivity index (χ1v) is 39.0. The second-order valence-corrected chi connectivity index (χ2v) is 28.9. The van der Waals surface area contributed by atoms with Crippen molar-refractivity contribution in [1.29, 1.82) is 0 Å². The van der Waals surface area contributed by atoms with Crippen LogP contribution in [0.3, 0.4) is 0 Å². The Balaban J connectivity index is 0.892. The zero-order valence-corrected chi connectivity index (χ0v) is 67.2. The van der Waals surface area contributed by atoms with Crippen LogP contribution < -0.4 is 89.8 Å². The van der Waals surface area contributed by atoms with E-state index in [2.05, 4.69) is 113 Å². The van der Waals surface area contributed by atoms with Crippen LogP contribution in [-0.4, -0.2) is 199 Å². The third-order valence-electron chi connectivity index (χ3n) is 19.2. The summed E-state index contributed by atoms with van der Waals surface area (Å²) in [6.07, 6.45) is -0.514. The molecular weight excluding hydrogens is 1500 g/mol. The lowest BCUT2D eigenvalue weighted by molar-refractivity contribution is -0.142.